The Morgan fingerprint density at radius 1 is 1.47 bits per heavy atom. The van der Waals surface area contributed by atoms with E-state index in [1.807, 2.05) is 6.07 Å². The van der Waals surface area contributed by atoms with E-state index >= 15 is 0 Å². The lowest BCUT2D eigenvalue weighted by atomic mass is 10.3. The predicted octanol–water partition coefficient (Wildman–Crippen LogP) is 3.98. The molecule has 0 N–H and O–H groups in total. The summed E-state index contributed by atoms with van der Waals surface area (Å²) in [4.78, 5) is 19.0. The highest BCUT2D eigenvalue weighted by molar-refractivity contribution is 9.11. The third-order valence-electron chi connectivity index (χ3n) is 2.21. The van der Waals surface area contributed by atoms with Crippen LogP contribution in [0.4, 0.5) is 0 Å². The van der Waals surface area contributed by atoms with Gasteiger partial charge in [-0.3, -0.25) is 0 Å². The first-order valence-electron chi connectivity index (χ1n) is 4.99. The average Bonchev–Trinajstić information content (AvgIpc) is 2.93. The van der Waals surface area contributed by atoms with E-state index < -0.39 is 5.97 Å². The molecule has 0 aliphatic rings. The van der Waals surface area contributed by atoms with Crippen LogP contribution in [0.1, 0.15) is 22.3 Å². The first kappa shape index (κ1) is 12.7. The molecule has 2 rings (SSSR count). The van der Waals surface area contributed by atoms with Crippen molar-refractivity contribution in [3.63, 3.8) is 0 Å². The summed E-state index contributed by atoms with van der Waals surface area (Å²) in [6.45, 7) is 2.11. The zero-order valence-corrected chi connectivity index (χ0v) is 12.5. The van der Waals surface area contributed by atoms with Crippen LogP contribution in [0.25, 0.3) is 9.75 Å². The lowest BCUT2D eigenvalue weighted by Crippen LogP contribution is -2.02. The van der Waals surface area contributed by atoms with E-state index in [-0.39, 0.29) is 0 Å². The molecule has 0 amide bonds. The third kappa shape index (κ3) is 2.59. The minimum Gasteiger partial charge on any atom is -0.464 e. The van der Waals surface area contributed by atoms with Crippen molar-refractivity contribution in [2.24, 2.45) is 0 Å². The van der Waals surface area contributed by atoms with Gasteiger partial charge < -0.3 is 4.74 Å². The molecule has 6 heteroatoms. The summed E-state index contributed by atoms with van der Waals surface area (Å²) < 4.78 is 5.43. The number of esters is 1. The Bertz CT molecular complexity index is 547. The van der Waals surface area contributed by atoms with Gasteiger partial charge in [0.1, 0.15) is 0 Å². The maximum atomic E-state index is 11.6. The second kappa shape index (κ2) is 5.29. The molecule has 0 unspecified atom stereocenters. The number of hydrogen-bond acceptors (Lipinski definition) is 5. The number of thiophene rings is 1. The van der Waals surface area contributed by atoms with Gasteiger partial charge in [-0.1, -0.05) is 6.92 Å². The number of halogens is 1. The van der Waals surface area contributed by atoms with Gasteiger partial charge in [0.25, 0.3) is 0 Å². The quantitative estimate of drug-likeness (QED) is 0.798. The van der Waals surface area contributed by atoms with Crippen molar-refractivity contribution in [1.82, 2.24) is 4.98 Å². The van der Waals surface area contributed by atoms with E-state index in [4.69, 9.17) is 4.74 Å². The van der Waals surface area contributed by atoms with Gasteiger partial charge in [0.05, 0.1) is 12.0 Å². The standard InChI is InChI=1S/C11H10BrNO2S2/c1-3-6-4-5-7(16-6)9-8(10(14)15-2)13-11(12)17-9/h4-5H,3H2,1-2H3. The lowest BCUT2D eigenvalue weighted by Gasteiger charge is -1.97. The number of methoxy groups -OCH3 is 1. The number of nitrogens with zero attached hydrogens (tertiary/aromatic N) is 1. The molecule has 0 aliphatic carbocycles. The fraction of sp³-hybridized carbons (Fsp3) is 0.273. The molecule has 0 radical (unpaired) electrons. The summed E-state index contributed by atoms with van der Waals surface area (Å²) in [5.41, 5.74) is 0.383. The summed E-state index contributed by atoms with van der Waals surface area (Å²) in [6, 6.07) is 4.10. The van der Waals surface area contributed by atoms with E-state index in [1.54, 1.807) is 11.3 Å². The van der Waals surface area contributed by atoms with Crippen LogP contribution in [-0.2, 0) is 11.2 Å². The van der Waals surface area contributed by atoms with Crippen molar-refractivity contribution in [2.75, 3.05) is 7.11 Å². The van der Waals surface area contributed by atoms with Crippen molar-refractivity contribution < 1.29 is 9.53 Å². The molecule has 90 valence electrons. The van der Waals surface area contributed by atoms with Crippen molar-refractivity contribution in [3.05, 3.63) is 26.6 Å². The van der Waals surface area contributed by atoms with E-state index in [2.05, 4.69) is 33.9 Å². The molecule has 3 nitrogen and oxygen atoms in total. The van der Waals surface area contributed by atoms with Gasteiger partial charge in [0.2, 0.25) is 0 Å². The zero-order valence-electron chi connectivity index (χ0n) is 9.32. The second-order valence-corrected chi connectivity index (χ2v) is 6.70. The number of rotatable bonds is 3. The van der Waals surface area contributed by atoms with E-state index in [9.17, 15) is 4.79 Å². The molecule has 2 heterocycles. The van der Waals surface area contributed by atoms with Gasteiger partial charge >= 0.3 is 5.97 Å². The highest BCUT2D eigenvalue weighted by Gasteiger charge is 2.20. The van der Waals surface area contributed by atoms with Crippen LogP contribution in [0.3, 0.4) is 0 Å². The zero-order chi connectivity index (χ0) is 12.4. The Kier molecular flexibility index (Phi) is 3.96. The van der Waals surface area contributed by atoms with E-state index in [1.165, 1.54) is 23.3 Å². The number of ether oxygens (including phenoxy) is 1. The average molecular weight is 332 g/mol. The van der Waals surface area contributed by atoms with Gasteiger partial charge in [-0.2, -0.15) is 0 Å². The number of aryl methyl sites for hydroxylation is 1. The van der Waals surface area contributed by atoms with Gasteiger partial charge in [-0.25, -0.2) is 9.78 Å². The molecule has 0 saturated carbocycles. The molecule has 0 saturated heterocycles. The highest BCUT2D eigenvalue weighted by atomic mass is 79.9. The number of hydrogen-bond donors (Lipinski definition) is 0. The van der Waals surface area contributed by atoms with Crippen molar-refractivity contribution in [1.29, 1.82) is 0 Å². The van der Waals surface area contributed by atoms with Crippen molar-refractivity contribution in [2.45, 2.75) is 13.3 Å². The summed E-state index contributed by atoms with van der Waals surface area (Å²) in [7, 11) is 1.37. The molecule has 2 aromatic rings. The van der Waals surface area contributed by atoms with Crippen molar-refractivity contribution in [3.8, 4) is 9.75 Å². The van der Waals surface area contributed by atoms with Crippen LogP contribution < -0.4 is 0 Å². The van der Waals surface area contributed by atoms with Gasteiger partial charge in [-0.15, -0.1) is 22.7 Å². The molecule has 0 aromatic carbocycles. The first-order chi connectivity index (χ1) is 8.15. The van der Waals surface area contributed by atoms with Crippen LogP contribution in [0.2, 0.25) is 0 Å². The minimum atomic E-state index is -0.395. The summed E-state index contributed by atoms with van der Waals surface area (Å²) in [5.74, 6) is -0.395. The number of aromatic nitrogens is 1. The second-order valence-electron chi connectivity index (χ2n) is 3.26. The first-order valence-corrected chi connectivity index (χ1v) is 7.42. The summed E-state index contributed by atoms with van der Waals surface area (Å²) in [5, 5.41) is 0. The third-order valence-corrected chi connectivity index (χ3v) is 5.13. The van der Waals surface area contributed by atoms with Crippen LogP contribution in [0.15, 0.2) is 16.0 Å². The molecule has 0 bridgehead atoms. The Labute approximate surface area is 116 Å². The molecule has 0 aliphatic heterocycles. The number of thiazole rings is 1. The normalized spacial score (nSPS) is 10.5. The Balaban J connectivity index is 2.47. The highest BCUT2D eigenvalue weighted by Crippen LogP contribution is 2.37. The van der Waals surface area contributed by atoms with Gasteiger partial charge in [-0.05, 0) is 34.5 Å². The lowest BCUT2D eigenvalue weighted by molar-refractivity contribution is 0.0595. The SMILES string of the molecule is CCc1ccc(-c2sc(Br)nc2C(=O)OC)s1. The van der Waals surface area contributed by atoms with Crippen LogP contribution >= 0.6 is 38.6 Å². The van der Waals surface area contributed by atoms with Gasteiger partial charge in [0.15, 0.2) is 9.61 Å². The minimum absolute atomic E-state index is 0.383. The van der Waals surface area contributed by atoms with Crippen LogP contribution in [-0.4, -0.2) is 18.1 Å². The van der Waals surface area contributed by atoms with E-state index in [0.717, 1.165) is 16.2 Å². The molecule has 0 atom stereocenters. The fourth-order valence-electron chi connectivity index (χ4n) is 1.39. The topological polar surface area (TPSA) is 39.2 Å². The van der Waals surface area contributed by atoms with E-state index in [0.29, 0.717) is 9.61 Å². The Morgan fingerprint density at radius 2 is 2.24 bits per heavy atom. The largest absolute Gasteiger partial charge is 0.464 e. The van der Waals surface area contributed by atoms with Gasteiger partial charge in [0, 0.05) is 9.75 Å². The van der Waals surface area contributed by atoms with Crippen LogP contribution in [0, 0.1) is 0 Å². The molecule has 2 aromatic heterocycles. The molecular formula is C11H10BrNO2S2. The summed E-state index contributed by atoms with van der Waals surface area (Å²) >= 11 is 6.44. The maximum absolute atomic E-state index is 11.6. The number of carbonyl (C=O) groups excluding carboxylic acids is 1. The monoisotopic (exact) mass is 331 g/mol. The smallest absolute Gasteiger partial charge is 0.358 e. The molecule has 17 heavy (non-hydrogen) atoms. The molecule has 0 fully saturated rings. The van der Waals surface area contributed by atoms with Crippen LogP contribution in [0.5, 0.6) is 0 Å². The van der Waals surface area contributed by atoms with Crippen molar-refractivity contribution >= 4 is 44.6 Å². The maximum Gasteiger partial charge on any atom is 0.358 e. The summed E-state index contributed by atoms with van der Waals surface area (Å²) in [6.07, 6.45) is 0.998. The Morgan fingerprint density at radius 3 is 2.82 bits per heavy atom. The predicted molar refractivity (Wildman–Crippen MR) is 73.8 cm³/mol. The number of carbonyl (C=O) groups is 1. The Hall–Kier alpha value is -0.720. The molecule has 0 spiro atoms. The fourth-order valence-corrected chi connectivity index (χ4v) is 3.89. The molecular weight excluding hydrogens is 322 g/mol.